The van der Waals surface area contributed by atoms with E-state index in [0.717, 1.165) is 37.5 Å². The SMILES string of the molecule is CCNCC1CCCC1C1CCCOC1. The lowest BCUT2D eigenvalue weighted by atomic mass is 9.81. The Bertz CT molecular complexity index is 177. The Kier molecular flexibility index (Phi) is 4.45. The molecule has 2 heteroatoms. The average molecular weight is 211 g/mol. The number of ether oxygens (including phenoxy) is 1. The van der Waals surface area contributed by atoms with Crippen LogP contribution in [0.15, 0.2) is 0 Å². The Morgan fingerprint density at radius 3 is 2.87 bits per heavy atom. The third-order valence-corrected chi connectivity index (χ3v) is 4.18. The molecule has 0 amide bonds. The van der Waals surface area contributed by atoms with Crippen molar-refractivity contribution in [2.45, 2.75) is 39.0 Å². The highest BCUT2D eigenvalue weighted by Crippen LogP contribution is 2.39. The maximum atomic E-state index is 5.63. The van der Waals surface area contributed by atoms with Crippen molar-refractivity contribution in [1.29, 1.82) is 0 Å². The third kappa shape index (κ3) is 2.94. The molecule has 2 nitrogen and oxygen atoms in total. The fourth-order valence-corrected chi connectivity index (χ4v) is 3.37. The molecule has 1 N–H and O–H groups in total. The summed E-state index contributed by atoms with van der Waals surface area (Å²) >= 11 is 0. The minimum atomic E-state index is 0.866. The van der Waals surface area contributed by atoms with E-state index in [-0.39, 0.29) is 0 Å². The first kappa shape index (κ1) is 11.4. The predicted molar refractivity (Wildman–Crippen MR) is 62.9 cm³/mol. The van der Waals surface area contributed by atoms with Gasteiger partial charge in [0.2, 0.25) is 0 Å². The summed E-state index contributed by atoms with van der Waals surface area (Å²) < 4.78 is 5.63. The molecule has 0 radical (unpaired) electrons. The van der Waals surface area contributed by atoms with Crippen molar-refractivity contribution < 1.29 is 4.74 Å². The van der Waals surface area contributed by atoms with Crippen LogP contribution in [0.1, 0.15) is 39.0 Å². The maximum Gasteiger partial charge on any atom is 0.0497 e. The largest absolute Gasteiger partial charge is 0.381 e. The van der Waals surface area contributed by atoms with Crippen molar-refractivity contribution in [3.05, 3.63) is 0 Å². The summed E-state index contributed by atoms with van der Waals surface area (Å²) in [5.41, 5.74) is 0. The van der Waals surface area contributed by atoms with E-state index in [1.54, 1.807) is 0 Å². The lowest BCUT2D eigenvalue weighted by Crippen LogP contribution is -2.32. The summed E-state index contributed by atoms with van der Waals surface area (Å²) in [6.07, 6.45) is 7.03. The molecule has 88 valence electrons. The number of hydrogen-bond donors (Lipinski definition) is 1. The van der Waals surface area contributed by atoms with Gasteiger partial charge in [0.05, 0.1) is 0 Å². The molecule has 15 heavy (non-hydrogen) atoms. The Balaban J connectivity index is 1.82. The molecule has 1 saturated carbocycles. The number of nitrogens with one attached hydrogen (secondary N) is 1. The quantitative estimate of drug-likeness (QED) is 0.771. The molecule has 1 saturated heterocycles. The van der Waals surface area contributed by atoms with E-state index in [2.05, 4.69) is 12.2 Å². The van der Waals surface area contributed by atoms with Crippen LogP contribution in [0.4, 0.5) is 0 Å². The van der Waals surface area contributed by atoms with E-state index in [0.29, 0.717) is 0 Å². The highest BCUT2D eigenvalue weighted by atomic mass is 16.5. The van der Waals surface area contributed by atoms with E-state index < -0.39 is 0 Å². The second-order valence-corrected chi connectivity index (χ2v) is 5.14. The zero-order valence-corrected chi connectivity index (χ0v) is 10.0. The monoisotopic (exact) mass is 211 g/mol. The summed E-state index contributed by atoms with van der Waals surface area (Å²) in [6, 6.07) is 0. The van der Waals surface area contributed by atoms with Crippen LogP contribution in [0, 0.1) is 17.8 Å². The lowest BCUT2D eigenvalue weighted by molar-refractivity contribution is 0.0221. The Hall–Kier alpha value is -0.0800. The molecular weight excluding hydrogens is 186 g/mol. The molecule has 3 atom stereocenters. The molecule has 2 aliphatic rings. The Labute approximate surface area is 93.8 Å². The molecule has 0 aromatic carbocycles. The summed E-state index contributed by atoms with van der Waals surface area (Å²) in [4.78, 5) is 0. The fourth-order valence-electron chi connectivity index (χ4n) is 3.37. The molecular formula is C13H25NO. The number of rotatable bonds is 4. The van der Waals surface area contributed by atoms with Gasteiger partial charge in [-0.05, 0) is 56.5 Å². The van der Waals surface area contributed by atoms with Crippen molar-refractivity contribution in [2.24, 2.45) is 17.8 Å². The van der Waals surface area contributed by atoms with Gasteiger partial charge in [0.25, 0.3) is 0 Å². The Morgan fingerprint density at radius 1 is 1.20 bits per heavy atom. The molecule has 0 aromatic rings. The second-order valence-electron chi connectivity index (χ2n) is 5.14. The molecule has 0 bridgehead atoms. The molecule has 2 fully saturated rings. The van der Waals surface area contributed by atoms with Gasteiger partial charge >= 0.3 is 0 Å². The van der Waals surface area contributed by atoms with Crippen LogP contribution in [0.25, 0.3) is 0 Å². The molecule has 3 unspecified atom stereocenters. The first-order valence-electron chi connectivity index (χ1n) is 6.70. The lowest BCUT2D eigenvalue weighted by Gasteiger charge is -2.31. The van der Waals surface area contributed by atoms with Crippen molar-refractivity contribution in [1.82, 2.24) is 5.32 Å². The van der Waals surface area contributed by atoms with Crippen LogP contribution in [0.5, 0.6) is 0 Å². The summed E-state index contributed by atoms with van der Waals surface area (Å²) in [5, 5.41) is 3.52. The maximum absolute atomic E-state index is 5.63. The van der Waals surface area contributed by atoms with E-state index in [1.165, 1.54) is 38.6 Å². The van der Waals surface area contributed by atoms with Gasteiger partial charge in [-0.15, -0.1) is 0 Å². The molecule has 1 heterocycles. The predicted octanol–water partition coefficient (Wildman–Crippen LogP) is 2.44. The first-order chi connectivity index (χ1) is 7.42. The standard InChI is InChI=1S/C13H25NO/c1-2-14-9-11-5-3-7-13(11)12-6-4-8-15-10-12/h11-14H,2-10H2,1H3. The minimum absolute atomic E-state index is 0.866. The van der Waals surface area contributed by atoms with Crippen LogP contribution in [0.3, 0.4) is 0 Å². The first-order valence-corrected chi connectivity index (χ1v) is 6.70. The van der Waals surface area contributed by atoms with Gasteiger partial charge in [-0.25, -0.2) is 0 Å². The van der Waals surface area contributed by atoms with Gasteiger partial charge in [-0.2, -0.15) is 0 Å². The van der Waals surface area contributed by atoms with Crippen LogP contribution in [-0.4, -0.2) is 26.3 Å². The van der Waals surface area contributed by atoms with Crippen molar-refractivity contribution >= 4 is 0 Å². The van der Waals surface area contributed by atoms with Crippen molar-refractivity contribution in [3.8, 4) is 0 Å². The highest BCUT2D eigenvalue weighted by molar-refractivity contribution is 4.85. The topological polar surface area (TPSA) is 21.3 Å². The number of hydrogen-bond acceptors (Lipinski definition) is 2. The minimum Gasteiger partial charge on any atom is -0.381 e. The van der Waals surface area contributed by atoms with E-state index in [4.69, 9.17) is 4.74 Å². The van der Waals surface area contributed by atoms with E-state index >= 15 is 0 Å². The summed E-state index contributed by atoms with van der Waals surface area (Å²) in [6.45, 7) is 6.59. The summed E-state index contributed by atoms with van der Waals surface area (Å²) in [7, 11) is 0. The summed E-state index contributed by atoms with van der Waals surface area (Å²) in [5.74, 6) is 2.74. The normalized spacial score (nSPS) is 37.0. The Morgan fingerprint density at radius 2 is 2.13 bits per heavy atom. The van der Waals surface area contributed by atoms with Gasteiger partial charge in [-0.3, -0.25) is 0 Å². The van der Waals surface area contributed by atoms with Crippen LogP contribution in [-0.2, 0) is 4.74 Å². The fraction of sp³-hybridized carbons (Fsp3) is 1.00. The third-order valence-electron chi connectivity index (χ3n) is 4.18. The van der Waals surface area contributed by atoms with Crippen LogP contribution < -0.4 is 5.32 Å². The van der Waals surface area contributed by atoms with E-state index in [9.17, 15) is 0 Å². The second kappa shape index (κ2) is 5.86. The molecule has 0 aromatic heterocycles. The molecule has 1 aliphatic heterocycles. The zero-order valence-electron chi connectivity index (χ0n) is 10.0. The smallest absolute Gasteiger partial charge is 0.0497 e. The van der Waals surface area contributed by atoms with E-state index in [1.807, 2.05) is 0 Å². The molecule has 2 rings (SSSR count). The zero-order chi connectivity index (χ0) is 10.5. The van der Waals surface area contributed by atoms with Crippen molar-refractivity contribution in [3.63, 3.8) is 0 Å². The van der Waals surface area contributed by atoms with Crippen molar-refractivity contribution in [2.75, 3.05) is 26.3 Å². The van der Waals surface area contributed by atoms with Gasteiger partial charge in [0, 0.05) is 13.2 Å². The molecule has 0 spiro atoms. The molecule has 1 aliphatic carbocycles. The van der Waals surface area contributed by atoms with Gasteiger partial charge in [0.1, 0.15) is 0 Å². The average Bonchev–Trinajstić information content (AvgIpc) is 2.75. The van der Waals surface area contributed by atoms with Crippen LogP contribution >= 0.6 is 0 Å². The van der Waals surface area contributed by atoms with Crippen LogP contribution in [0.2, 0.25) is 0 Å². The highest BCUT2D eigenvalue weighted by Gasteiger charge is 2.33. The van der Waals surface area contributed by atoms with Gasteiger partial charge in [-0.1, -0.05) is 13.3 Å². The van der Waals surface area contributed by atoms with Gasteiger partial charge < -0.3 is 10.1 Å². The van der Waals surface area contributed by atoms with Gasteiger partial charge in [0.15, 0.2) is 0 Å².